The molecule has 2 aromatic heterocycles. The standard InChI is InChI=1S/C23H20N4O4/c1-14-5-4-6-19(9-14)26-15(2)10-18(16(26)3)13-24-25-23(28)22-12-17-11-20(27(29)30)7-8-21(17)31-22/h4-13H,1-3H3,(H,25,28)/b24-13+. The second kappa shape index (κ2) is 7.91. The van der Waals surface area contributed by atoms with Gasteiger partial charge in [-0.1, -0.05) is 12.1 Å². The molecule has 0 aliphatic heterocycles. The van der Waals surface area contributed by atoms with Crippen molar-refractivity contribution in [2.45, 2.75) is 20.8 Å². The Balaban J connectivity index is 1.52. The predicted octanol–water partition coefficient (Wildman–Crippen LogP) is 4.82. The van der Waals surface area contributed by atoms with Crippen molar-refractivity contribution in [3.05, 3.63) is 93.0 Å². The minimum Gasteiger partial charge on any atom is -0.451 e. The number of nitrogens with one attached hydrogen (secondary N) is 1. The van der Waals surface area contributed by atoms with Gasteiger partial charge in [-0.05, 0) is 56.7 Å². The fourth-order valence-corrected chi connectivity index (χ4v) is 3.55. The maximum Gasteiger partial charge on any atom is 0.307 e. The summed E-state index contributed by atoms with van der Waals surface area (Å²) in [4.78, 5) is 22.8. The van der Waals surface area contributed by atoms with E-state index in [1.807, 2.05) is 45.0 Å². The van der Waals surface area contributed by atoms with Crippen LogP contribution < -0.4 is 5.43 Å². The zero-order valence-corrected chi connectivity index (χ0v) is 17.2. The number of aromatic nitrogens is 1. The minimum absolute atomic E-state index is 0.0258. The third kappa shape index (κ3) is 3.95. The zero-order chi connectivity index (χ0) is 22.1. The van der Waals surface area contributed by atoms with Crippen molar-refractivity contribution in [1.29, 1.82) is 0 Å². The van der Waals surface area contributed by atoms with E-state index in [2.05, 4.69) is 21.2 Å². The number of benzene rings is 2. The summed E-state index contributed by atoms with van der Waals surface area (Å²) in [6, 6.07) is 15.8. The Hall–Kier alpha value is -4.20. The van der Waals surface area contributed by atoms with Gasteiger partial charge in [0, 0.05) is 40.2 Å². The zero-order valence-electron chi connectivity index (χ0n) is 17.2. The van der Waals surface area contributed by atoms with Gasteiger partial charge < -0.3 is 8.98 Å². The molecule has 0 bridgehead atoms. The van der Waals surface area contributed by atoms with Crippen LogP contribution in [-0.4, -0.2) is 21.6 Å². The molecule has 2 aromatic carbocycles. The molecule has 4 aromatic rings. The molecule has 1 N–H and O–H groups in total. The van der Waals surface area contributed by atoms with Crippen LogP contribution in [0, 0.1) is 30.9 Å². The first-order chi connectivity index (χ1) is 14.8. The molecule has 156 valence electrons. The van der Waals surface area contributed by atoms with E-state index < -0.39 is 10.8 Å². The van der Waals surface area contributed by atoms with E-state index in [4.69, 9.17) is 4.42 Å². The molecule has 0 aliphatic carbocycles. The lowest BCUT2D eigenvalue weighted by atomic mass is 10.2. The van der Waals surface area contributed by atoms with Gasteiger partial charge in [0.05, 0.1) is 11.1 Å². The highest BCUT2D eigenvalue weighted by Gasteiger charge is 2.15. The first-order valence-electron chi connectivity index (χ1n) is 9.61. The molecule has 0 radical (unpaired) electrons. The first kappa shape index (κ1) is 20.1. The lowest BCUT2D eigenvalue weighted by Crippen LogP contribution is -2.16. The lowest BCUT2D eigenvalue weighted by Gasteiger charge is -2.10. The van der Waals surface area contributed by atoms with Crippen LogP contribution in [-0.2, 0) is 0 Å². The van der Waals surface area contributed by atoms with Crippen molar-refractivity contribution in [2.75, 3.05) is 0 Å². The number of nitro benzene ring substituents is 1. The van der Waals surface area contributed by atoms with E-state index in [1.165, 1.54) is 29.8 Å². The molecule has 31 heavy (non-hydrogen) atoms. The Kier molecular flexibility index (Phi) is 5.12. The summed E-state index contributed by atoms with van der Waals surface area (Å²) >= 11 is 0. The van der Waals surface area contributed by atoms with Gasteiger partial charge in [0.1, 0.15) is 5.58 Å². The molecule has 0 saturated heterocycles. The summed E-state index contributed by atoms with van der Waals surface area (Å²) in [5, 5.41) is 15.4. The van der Waals surface area contributed by atoms with Crippen molar-refractivity contribution in [3.8, 4) is 5.69 Å². The minimum atomic E-state index is -0.539. The summed E-state index contributed by atoms with van der Waals surface area (Å²) in [5.74, 6) is -0.513. The second-order valence-electron chi connectivity index (χ2n) is 7.29. The van der Waals surface area contributed by atoms with Crippen molar-refractivity contribution in [1.82, 2.24) is 9.99 Å². The fourth-order valence-electron chi connectivity index (χ4n) is 3.55. The summed E-state index contributed by atoms with van der Waals surface area (Å²) in [6.07, 6.45) is 1.58. The van der Waals surface area contributed by atoms with Crippen molar-refractivity contribution in [2.24, 2.45) is 5.10 Å². The molecule has 0 saturated carbocycles. The van der Waals surface area contributed by atoms with Crippen LogP contribution in [0.1, 0.15) is 33.1 Å². The maximum atomic E-state index is 12.4. The number of amides is 1. The number of carbonyl (C=O) groups is 1. The highest BCUT2D eigenvalue weighted by atomic mass is 16.6. The number of hydrogen-bond donors (Lipinski definition) is 1. The highest BCUT2D eigenvalue weighted by Crippen LogP contribution is 2.24. The van der Waals surface area contributed by atoms with E-state index in [0.29, 0.717) is 11.0 Å². The summed E-state index contributed by atoms with van der Waals surface area (Å²) < 4.78 is 7.60. The SMILES string of the molecule is Cc1cccc(-n2c(C)cc(/C=N/NC(=O)c3cc4cc([N+](=O)[O-])ccc4o3)c2C)c1. The molecule has 0 atom stereocenters. The molecular formula is C23H20N4O4. The largest absolute Gasteiger partial charge is 0.451 e. The van der Waals surface area contributed by atoms with Gasteiger partial charge in [0.25, 0.3) is 5.69 Å². The maximum absolute atomic E-state index is 12.4. The van der Waals surface area contributed by atoms with E-state index in [9.17, 15) is 14.9 Å². The van der Waals surface area contributed by atoms with Gasteiger partial charge >= 0.3 is 5.91 Å². The van der Waals surface area contributed by atoms with Gasteiger partial charge in [-0.15, -0.1) is 0 Å². The van der Waals surface area contributed by atoms with Crippen LogP contribution in [0.15, 0.2) is 64.1 Å². The molecule has 2 heterocycles. The second-order valence-corrected chi connectivity index (χ2v) is 7.29. The van der Waals surface area contributed by atoms with Crippen LogP contribution in [0.2, 0.25) is 0 Å². The number of hydrogen-bond acceptors (Lipinski definition) is 5. The molecule has 0 fully saturated rings. The molecule has 0 spiro atoms. The Labute approximate surface area is 177 Å². The molecule has 8 heteroatoms. The molecule has 4 rings (SSSR count). The Morgan fingerprint density at radius 3 is 2.68 bits per heavy atom. The molecular weight excluding hydrogens is 396 g/mol. The number of furan rings is 1. The monoisotopic (exact) mass is 416 g/mol. The average Bonchev–Trinajstić information content (AvgIpc) is 3.28. The summed E-state index contributed by atoms with van der Waals surface area (Å²) in [7, 11) is 0. The number of nitro groups is 1. The topological polar surface area (TPSA) is 103 Å². The smallest absolute Gasteiger partial charge is 0.307 e. The van der Waals surface area contributed by atoms with Crippen LogP contribution in [0.25, 0.3) is 16.7 Å². The van der Waals surface area contributed by atoms with Crippen LogP contribution >= 0.6 is 0 Å². The van der Waals surface area contributed by atoms with E-state index in [1.54, 1.807) is 6.21 Å². The first-order valence-corrected chi connectivity index (χ1v) is 9.61. The quantitative estimate of drug-likeness (QED) is 0.286. The number of aryl methyl sites for hydroxylation is 2. The van der Waals surface area contributed by atoms with Crippen LogP contribution in [0.5, 0.6) is 0 Å². The van der Waals surface area contributed by atoms with E-state index >= 15 is 0 Å². The van der Waals surface area contributed by atoms with Crippen molar-refractivity contribution >= 4 is 28.8 Å². The van der Waals surface area contributed by atoms with Gasteiger partial charge in [0.2, 0.25) is 0 Å². The lowest BCUT2D eigenvalue weighted by molar-refractivity contribution is -0.384. The van der Waals surface area contributed by atoms with Crippen LogP contribution in [0.4, 0.5) is 5.69 Å². The van der Waals surface area contributed by atoms with Gasteiger partial charge in [-0.3, -0.25) is 14.9 Å². The number of rotatable bonds is 5. The predicted molar refractivity (Wildman–Crippen MR) is 118 cm³/mol. The number of hydrazone groups is 1. The van der Waals surface area contributed by atoms with Crippen molar-refractivity contribution < 1.29 is 14.1 Å². The normalized spacial score (nSPS) is 11.3. The summed E-state index contributed by atoms with van der Waals surface area (Å²) in [6.45, 7) is 6.05. The van der Waals surface area contributed by atoms with Gasteiger partial charge in [0.15, 0.2) is 5.76 Å². The Morgan fingerprint density at radius 2 is 1.94 bits per heavy atom. The number of carbonyl (C=O) groups excluding carboxylic acids is 1. The van der Waals surface area contributed by atoms with Gasteiger partial charge in [-0.25, -0.2) is 5.43 Å². The molecule has 0 unspecified atom stereocenters. The van der Waals surface area contributed by atoms with Crippen LogP contribution in [0.3, 0.4) is 0 Å². The van der Waals surface area contributed by atoms with E-state index in [0.717, 1.165) is 22.6 Å². The fraction of sp³-hybridized carbons (Fsp3) is 0.130. The molecule has 0 aliphatic rings. The van der Waals surface area contributed by atoms with E-state index in [-0.39, 0.29) is 11.4 Å². The molecule has 1 amide bonds. The summed E-state index contributed by atoms with van der Waals surface area (Å²) in [5.41, 5.74) is 7.92. The number of nitrogens with zero attached hydrogens (tertiary/aromatic N) is 3. The van der Waals surface area contributed by atoms with Gasteiger partial charge in [-0.2, -0.15) is 5.10 Å². The highest BCUT2D eigenvalue weighted by molar-refractivity contribution is 5.97. The number of fused-ring (bicyclic) bond motifs is 1. The third-order valence-electron chi connectivity index (χ3n) is 5.03. The molecule has 8 nitrogen and oxygen atoms in total. The third-order valence-corrected chi connectivity index (χ3v) is 5.03. The number of non-ortho nitro benzene ring substituents is 1. The Bertz CT molecular complexity index is 1350. The average molecular weight is 416 g/mol. The van der Waals surface area contributed by atoms with Crippen molar-refractivity contribution in [3.63, 3.8) is 0 Å². The Morgan fingerprint density at radius 1 is 1.13 bits per heavy atom.